The summed E-state index contributed by atoms with van der Waals surface area (Å²) in [5, 5.41) is 7.92. The normalized spacial score (nSPS) is 10.0. The predicted octanol–water partition coefficient (Wildman–Crippen LogP) is 4.00. The van der Waals surface area contributed by atoms with Crippen molar-refractivity contribution >= 4 is 46.2 Å². The number of hydrogen-bond donors (Lipinski definition) is 2. The predicted molar refractivity (Wildman–Crippen MR) is 75.7 cm³/mol. The topological polar surface area (TPSA) is 24.1 Å². The average molecular weight is 277 g/mol. The van der Waals surface area contributed by atoms with E-state index in [4.69, 9.17) is 35.4 Å². The van der Waals surface area contributed by atoms with Crippen LogP contribution in [0, 0.1) is 6.92 Å². The van der Waals surface area contributed by atoms with Crippen molar-refractivity contribution in [3.8, 4) is 0 Å². The lowest BCUT2D eigenvalue weighted by Gasteiger charge is -2.12. The van der Waals surface area contributed by atoms with Crippen LogP contribution in [0.15, 0.2) is 12.1 Å². The number of rotatable bonds is 3. The molecule has 0 saturated heterocycles. The van der Waals surface area contributed by atoms with Crippen LogP contribution < -0.4 is 10.6 Å². The molecule has 1 aromatic rings. The first-order chi connectivity index (χ1) is 7.54. The lowest BCUT2D eigenvalue weighted by atomic mass is 10.2. The summed E-state index contributed by atoms with van der Waals surface area (Å²) in [6, 6.07) is 3.59. The molecule has 0 heterocycles. The largest absolute Gasteiger partial charge is 0.362 e. The summed E-state index contributed by atoms with van der Waals surface area (Å²) >= 11 is 17.2. The Kier molecular flexibility index (Phi) is 5.32. The maximum Gasteiger partial charge on any atom is 0.170 e. The highest BCUT2D eigenvalue weighted by Crippen LogP contribution is 2.28. The summed E-state index contributed by atoms with van der Waals surface area (Å²) in [6.07, 6.45) is 1.02. The number of benzene rings is 1. The van der Waals surface area contributed by atoms with Gasteiger partial charge in [-0.15, -0.1) is 0 Å². The molecule has 2 nitrogen and oxygen atoms in total. The number of anilines is 1. The van der Waals surface area contributed by atoms with Crippen molar-refractivity contribution in [2.24, 2.45) is 0 Å². The molecule has 0 aliphatic carbocycles. The van der Waals surface area contributed by atoms with Gasteiger partial charge in [-0.05, 0) is 43.3 Å². The third kappa shape index (κ3) is 3.81. The van der Waals surface area contributed by atoms with Gasteiger partial charge in [-0.3, -0.25) is 0 Å². The van der Waals surface area contributed by atoms with Crippen molar-refractivity contribution in [2.45, 2.75) is 20.3 Å². The number of thiocarbonyl (C=S) groups is 1. The molecule has 0 spiro atoms. The maximum atomic E-state index is 6.07. The van der Waals surface area contributed by atoms with Crippen LogP contribution in [0.3, 0.4) is 0 Å². The highest BCUT2D eigenvalue weighted by atomic mass is 35.5. The fourth-order valence-corrected chi connectivity index (χ4v) is 1.79. The monoisotopic (exact) mass is 276 g/mol. The van der Waals surface area contributed by atoms with Crippen LogP contribution in [0.5, 0.6) is 0 Å². The van der Waals surface area contributed by atoms with Crippen molar-refractivity contribution in [3.05, 3.63) is 27.7 Å². The van der Waals surface area contributed by atoms with E-state index in [2.05, 4.69) is 17.6 Å². The molecule has 0 fully saturated rings. The second kappa shape index (κ2) is 6.28. The van der Waals surface area contributed by atoms with E-state index >= 15 is 0 Å². The van der Waals surface area contributed by atoms with E-state index in [-0.39, 0.29) is 0 Å². The first kappa shape index (κ1) is 13.6. The zero-order valence-corrected chi connectivity index (χ0v) is 11.6. The molecule has 0 aromatic heterocycles. The zero-order chi connectivity index (χ0) is 12.1. The summed E-state index contributed by atoms with van der Waals surface area (Å²) in [6.45, 7) is 4.82. The van der Waals surface area contributed by atoms with Gasteiger partial charge in [0.15, 0.2) is 5.11 Å². The summed E-state index contributed by atoms with van der Waals surface area (Å²) in [5.74, 6) is 0. The van der Waals surface area contributed by atoms with Crippen molar-refractivity contribution in [2.75, 3.05) is 11.9 Å². The van der Waals surface area contributed by atoms with E-state index < -0.39 is 0 Å². The van der Waals surface area contributed by atoms with Crippen molar-refractivity contribution in [1.29, 1.82) is 0 Å². The van der Waals surface area contributed by atoms with Gasteiger partial charge in [-0.1, -0.05) is 30.1 Å². The molecule has 5 heteroatoms. The molecule has 1 aromatic carbocycles. The lowest BCUT2D eigenvalue weighted by molar-refractivity contribution is 0.846. The van der Waals surface area contributed by atoms with Gasteiger partial charge in [-0.25, -0.2) is 0 Å². The standard InChI is InChI=1S/C11H14Cl2N2S/c1-3-4-14-11(16)15-10-6-8(12)7(2)5-9(10)13/h5-6H,3-4H2,1-2H3,(H2,14,15,16). The van der Waals surface area contributed by atoms with Gasteiger partial charge in [0.05, 0.1) is 10.7 Å². The van der Waals surface area contributed by atoms with E-state index in [1.54, 1.807) is 6.07 Å². The average Bonchev–Trinajstić information content (AvgIpc) is 2.23. The smallest absolute Gasteiger partial charge is 0.170 e. The zero-order valence-electron chi connectivity index (χ0n) is 9.23. The number of halogens is 2. The minimum absolute atomic E-state index is 0.559. The van der Waals surface area contributed by atoms with Crippen LogP contribution >= 0.6 is 35.4 Å². The van der Waals surface area contributed by atoms with Crippen LogP contribution in [0.25, 0.3) is 0 Å². The Balaban J connectivity index is 2.73. The molecule has 16 heavy (non-hydrogen) atoms. The fraction of sp³-hybridized carbons (Fsp3) is 0.364. The Bertz CT molecular complexity index is 394. The summed E-state index contributed by atoms with van der Waals surface area (Å²) in [4.78, 5) is 0. The number of aryl methyl sites for hydroxylation is 1. The lowest BCUT2D eigenvalue weighted by Crippen LogP contribution is -2.29. The van der Waals surface area contributed by atoms with Gasteiger partial charge in [0, 0.05) is 11.6 Å². The number of nitrogens with one attached hydrogen (secondary N) is 2. The second-order valence-corrected chi connectivity index (χ2v) is 4.68. The summed E-state index contributed by atoms with van der Waals surface area (Å²) in [7, 11) is 0. The molecule has 1 rings (SSSR count). The Morgan fingerprint density at radius 3 is 2.62 bits per heavy atom. The van der Waals surface area contributed by atoms with Gasteiger partial charge < -0.3 is 10.6 Å². The summed E-state index contributed by atoms with van der Waals surface area (Å²) < 4.78 is 0. The molecule has 2 N–H and O–H groups in total. The molecule has 0 aliphatic rings. The number of hydrogen-bond acceptors (Lipinski definition) is 1. The van der Waals surface area contributed by atoms with Gasteiger partial charge in [-0.2, -0.15) is 0 Å². The van der Waals surface area contributed by atoms with Crippen LogP contribution in [0.2, 0.25) is 10.0 Å². The first-order valence-electron chi connectivity index (χ1n) is 5.05. The van der Waals surface area contributed by atoms with Gasteiger partial charge in [0.25, 0.3) is 0 Å². The molecule has 0 unspecified atom stereocenters. The third-order valence-corrected chi connectivity index (χ3v) is 3.00. The first-order valence-corrected chi connectivity index (χ1v) is 6.21. The van der Waals surface area contributed by atoms with Crippen molar-refractivity contribution in [3.63, 3.8) is 0 Å². The van der Waals surface area contributed by atoms with Crippen molar-refractivity contribution in [1.82, 2.24) is 5.32 Å². The quantitative estimate of drug-likeness (QED) is 0.817. The Labute approximate surface area is 111 Å². The molecule has 0 aliphatic heterocycles. The van der Waals surface area contributed by atoms with Crippen LogP contribution in [0.4, 0.5) is 5.69 Å². The minimum atomic E-state index is 0.559. The molecule has 0 atom stereocenters. The third-order valence-electron chi connectivity index (χ3n) is 2.03. The highest BCUT2D eigenvalue weighted by molar-refractivity contribution is 7.80. The van der Waals surface area contributed by atoms with E-state index in [0.717, 1.165) is 24.2 Å². The molecule has 88 valence electrons. The maximum absolute atomic E-state index is 6.07. The Hall–Kier alpha value is -0.510. The molecule has 0 bridgehead atoms. The molecular weight excluding hydrogens is 263 g/mol. The molecule has 0 radical (unpaired) electrons. The van der Waals surface area contributed by atoms with Crippen molar-refractivity contribution < 1.29 is 0 Å². The van der Waals surface area contributed by atoms with Gasteiger partial charge >= 0.3 is 0 Å². The fourth-order valence-electron chi connectivity index (χ4n) is 1.15. The molecular formula is C11H14Cl2N2S. The van der Waals surface area contributed by atoms with Gasteiger partial charge in [0.1, 0.15) is 0 Å². The second-order valence-electron chi connectivity index (χ2n) is 3.46. The Morgan fingerprint density at radius 1 is 1.31 bits per heavy atom. The van der Waals surface area contributed by atoms with E-state index in [1.165, 1.54) is 0 Å². The van der Waals surface area contributed by atoms with Gasteiger partial charge in [0.2, 0.25) is 0 Å². The SMILES string of the molecule is CCCNC(=S)Nc1cc(Cl)c(C)cc1Cl. The van der Waals surface area contributed by atoms with E-state index in [0.29, 0.717) is 15.2 Å². The van der Waals surface area contributed by atoms with E-state index in [1.807, 2.05) is 13.0 Å². The molecule has 0 amide bonds. The molecule has 0 saturated carbocycles. The highest BCUT2D eigenvalue weighted by Gasteiger charge is 2.05. The summed E-state index contributed by atoms with van der Waals surface area (Å²) in [5.41, 5.74) is 1.68. The Morgan fingerprint density at radius 2 is 2.00 bits per heavy atom. The van der Waals surface area contributed by atoms with Crippen LogP contribution in [-0.2, 0) is 0 Å². The van der Waals surface area contributed by atoms with Crippen LogP contribution in [0.1, 0.15) is 18.9 Å². The minimum Gasteiger partial charge on any atom is -0.362 e. The van der Waals surface area contributed by atoms with Crippen LogP contribution in [-0.4, -0.2) is 11.7 Å². The van der Waals surface area contributed by atoms with E-state index in [9.17, 15) is 0 Å².